The molecule has 2 saturated heterocycles. The van der Waals surface area contributed by atoms with Crippen LogP contribution in [0.25, 0.3) is 0 Å². The minimum Gasteiger partial charge on any atom is -0.497 e. The molecular formula is C25H30N2O4. The van der Waals surface area contributed by atoms with Crippen LogP contribution in [0.4, 0.5) is 0 Å². The van der Waals surface area contributed by atoms with E-state index in [1.165, 1.54) is 0 Å². The van der Waals surface area contributed by atoms with Crippen molar-refractivity contribution in [1.29, 1.82) is 0 Å². The maximum absolute atomic E-state index is 12.9. The van der Waals surface area contributed by atoms with Crippen LogP contribution >= 0.6 is 0 Å². The standard InChI is InChI=1S/C25H30N2O4/c1-31-21-9-7-18(8-10-21)24(29)19-11-14-26(15-12-19)22-17-27(16-13-23(22)28)25(30)20-5-3-2-4-6-20/h2-10,19,22-23,28H,11-17H2,1H3/t22-,23-/m1/s1. The number of carbonyl (C=O) groups excluding carboxylic acids is 2. The summed E-state index contributed by atoms with van der Waals surface area (Å²) in [5.41, 5.74) is 1.40. The smallest absolute Gasteiger partial charge is 0.253 e. The Kier molecular flexibility index (Phi) is 6.68. The molecule has 2 aromatic rings. The maximum atomic E-state index is 12.9. The second-order valence-electron chi connectivity index (χ2n) is 8.44. The van der Waals surface area contributed by atoms with Crippen LogP contribution in [0.15, 0.2) is 54.6 Å². The van der Waals surface area contributed by atoms with E-state index in [-0.39, 0.29) is 23.7 Å². The van der Waals surface area contributed by atoms with E-state index in [0.29, 0.717) is 25.1 Å². The number of ether oxygens (including phenoxy) is 1. The molecule has 1 amide bonds. The number of benzene rings is 2. The Morgan fingerprint density at radius 2 is 1.58 bits per heavy atom. The first-order valence-electron chi connectivity index (χ1n) is 11.0. The third-order valence-corrected chi connectivity index (χ3v) is 6.60. The van der Waals surface area contributed by atoms with Gasteiger partial charge < -0.3 is 14.7 Å². The summed E-state index contributed by atoms with van der Waals surface area (Å²) in [5.74, 6) is 0.925. The van der Waals surface area contributed by atoms with Crippen molar-refractivity contribution in [3.63, 3.8) is 0 Å². The minimum absolute atomic E-state index is 0.00701. The summed E-state index contributed by atoms with van der Waals surface area (Å²) in [5, 5.41) is 10.6. The van der Waals surface area contributed by atoms with E-state index >= 15 is 0 Å². The van der Waals surface area contributed by atoms with Crippen LogP contribution in [0, 0.1) is 5.92 Å². The summed E-state index contributed by atoms with van der Waals surface area (Å²) in [6, 6.07) is 16.5. The van der Waals surface area contributed by atoms with E-state index in [2.05, 4.69) is 4.90 Å². The van der Waals surface area contributed by atoms with E-state index in [1.54, 1.807) is 7.11 Å². The molecule has 6 heteroatoms. The molecule has 164 valence electrons. The molecule has 0 spiro atoms. The molecule has 6 nitrogen and oxygen atoms in total. The lowest BCUT2D eigenvalue weighted by Crippen LogP contribution is -2.58. The van der Waals surface area contributed by atoms with Crippen molar-refractivity contribution in [2.75, 3.05) is 33.3 Å². The highest BCUT2D eigenvalue weighted by Gasteiger charge is 2.37. The van der Waals surface area contributed by atoms with Gasteiger partial charge in [0, 0.05) is 30.1 Å². The van der Waals surface area contributed by atoms with Crippen molar-refractivity contribution in [2.24, 2.45) is 5.92 Å². The first-order valence-corrected chi connectivity index (χ1v) is 11.0. The van der Waals surface area contributed by atoms with Crippen LogP contribution in [-0.4, -0.2) is 72.0 Å². The van der Waals surface area contributed by atoms with Crippen molar-refractivity contribution >= 4 is 11.7 Å². The highest BCUT2D eigenvalue weighted by Crippen LogP contribution is 2.27. The number of hydrogen-bond acceptors (Lipinski definition) is 5. The average Bonchev–Trinajstić information content (AvgIpc) is 2.84. The molecule has 2 atom stereocenters. The minimum atomic E-state index is -0.450. The summed E-state index contributed by atoms with van der Waals surface area (Å²) >= 11 is 0. The molecule has 2 aromatic carbocycles. The van der Waals surface area contributed by atoms with Gasteiger partial charge in [-0.3, -0.25) is 14.5 Å². The molecule has 2 aliphatic heterocycles. The molecule has 2 fully saturated rings. The summed E-state index contributed by atoms with van der Waals surface area (Å²) < 4.78 is 5.17. The fourth-order valence-electron chi connectivity index (χ4n) is 4.71. The molecule has 0 saturated carbocycles. The van der Waals surface area contributed by atoms with Gasteiger partial charge in [-0.1, -0.05) is 18.2 Å². The summed E-state index contributed by atoms with van der Waals surface area (Å²) in [4.78, 5) is 29.8. The van der Waals surface area contributed by atoms with E-state index in [0.717, 1.165) is 37.2 Å². The highest BCUT2D eigenvalue weighted by atomic mass is 16.5. The van der Waals surface area contributed by atoms with Crippen LogP contribution in [0.5, 0.6) is 5.75 Å². The van der Waals surface area contributed by atoms with E-state index < -0.39 is 6.10 Å². The Bertz CT molecular complexity index is 891. The topological polar surface area (TPSA) is 70.1 Å². The number of hydrogen-bond donors (Lipinski definition) is 1. The Hall–Kier alpha value is -2.70. The van der Waals surface area contributed by atoms with E-state index in [9.17, 15) is 14.7 Å². The number of ketones is 1. The van der Waals surface area contributed by atoms with Gasteiger partial charge in [0.25, 0.3) is 5.91 Å². The normalized spacial score (nSPS) is 22.8. The number of methoxy groups -OCH3 is 1. The largest absolute Gasteiger partial charge is 0.497 e. The Balaban J connectivity index is 1.35. The van der Waals surface area contributed by atoms with Crippen LogP contribution in [0.1, 0.15) is 40.0 Å². The van der Waals surface area contributed by atoms with Crippen molar-refractivity contribution < 1.29 is 19.4 Å². The monoisotopic (exact) mass is 422 g/mol. The molecule has 31 heavy (non-hydrogen) atoms. The fraction of sp³-hybridized carbons (Fsp3) is 0.440. The second kappa shape index (κ2) is 9.62. The molecule has 0 radical (unpaired) electrons. The van der Waals surface area contributed by atoms with Gasteiger partial charge in [-0.25, -0.2) is 0 Å². The molecule has 0 unspecified atom stereocenters. The number of Topliss-reactive ketones (excluding diaryl/α,β-unsaturated/α-hetero) is 1. The van der Waals surface area contributed by atoms with Crippen molar-refractivity contribution in [3.8, 4) is 5.75 Å². The van der Waals surface area contributed by atoms with Crippen molar-refractivity contribution in [1.82, 2.24) is 9.80 Å². The number of nitrogens with zero attached hydrogens (tertiary/aromatic N) is 2. The third-order valence-electron chi connectivity index (χ3n) is 6.60. The number of likely N-dealkylation sites (tertiary alicyclic amines) is 2. The summed E-state index contributed by atoms with van der Waals surface area (Å²) in [7, 11) is 1.61. The molecule has 2 heterocycles. The molecule has 4 rings (SSSR count). The molecule has 0 bridgehead atoms. The van der Waals surface area contributed by atoms with Crippen molar-refractivity contribution in [3.05, 3.63) is 65.7 Å². The van der Waals surface area contributed by atoms with Crippen molar-refractivity contribution in [2.45, 2.75) is 31.4 Å². The lowest BCUT2D eigenvalue weighted by molar-refractivity contribution is -0.0175. The molecule has 0 aliphatic carbocycles. The lowest BCUT2D eigenvalue weighted by Gasteiger charge is -2.44. The molecule has 1 N–H and O–H groups in total. The van der Waals surface area contributed by atoms with E-state index in [4.69, 9.17) is 4.74 Å². The molecule has 2 aliphatic rings. The number of carbonyl (C=O) groups is 2. The van der Waals surface area contributed by atoms with Gasteiger partial charge in [0.1, 0.15) is 5.75 Å². The van der Waals surface area contributed by atoms with Gasteiger partial charge in [0.15, 0.2) is 5.78 Å². The summed E-state index contributed by atoms with van der Waals surface area (Å²) in [6.45, 7) is 2.59. The second-order valence-corrected chi connectivity index (χ2v) is 8.44. The van der Waals surface area contributed by atoms with Crippen LogP contribution in [0.2, 0.25) is 0 Å². The fourth-order valence-corrected chi connectivity index (χ4v) is 4.71. The number of piperidine rings is 2. The zero-order valence-corrected chi connectivity index (χ0v) is 17.9. The Morgan fingerprint density at radius 3 is 2.23 bits per heavy atom. The third kappa shape index (κ3) is 4.81. The first-order chi connectivity index (χ1) is 15.1. The van der Waals surface area contributed by atoms with Gasteiger partial charge in [-0.15, -0.1) is 0 Å². The first kappa shape index (κ1) is 21.5. The molecular weight excluding hydrogens is 392 g/mol. The van der Waals surface area contributed by atoms with E-state index in [1.807, 2.05) is 59.5 Å². The molecule has 0 aromatic heterocycles. The number of amides is 1. The van der Waals surface area contributed by atoms with Crippen LogP contribution < -0.4 is 4.74 Å². The summed E-state index contributed by atoms with van der Waals surface area (Å²) in [6.07, 6.45) is 1.66. The predicted octanol–water partition coefficient (Wildman–Crippen LogP) is 2.87. The maximum Gasteiger partial charge on any atom is 0.253 e. The quantitative estimate of drug-likeness (QED) is 0.751. The zero-order chi connectivity index (χ0) is 21.8. The van der Waals surface area contributed by atoms with Crippen LogP contribution in [0.3, 0.4) is 0 Å². The Morgan fingerprint density at radius 1 is 0.903 bits per heavy atom. The van der Waals surface area contributed by atoms with Crippen LogP contribution in [-0.2, 0) is 0 Å². The predicted molar refractivity (Wildman–Crippen MR) is 118 cm³/mol. The van der Waals surface area contributed by atoms with Gasteiger partial charge in [-0.2, -0.15) is 0 Å². The Labute approximate surface area is 183 Å². The van der Waals surface area contributed by atoms with Gasteiger partial charge in [0.05, 0.1) is 19.3 Å². The number of aliphatic hydroxyl groups is 1. The van der Waals surface area contributed by atoms with Gasteiger partial charge in [0.2, 0.25) is 0 Å². The SMILES string of the molecule is COc1ccc(C(=O)C2CCN([C@@H]3CN(C(=O)c4ccccc4)CC[C@H]3O)CC2)cc1. The lowest BCUT2D eigenvalue weighted by atomic mass is 9.87. The average molecular weight is 423 g/mol. The zero-order valence-electron chi connectivity index (χ0n) is 17.9. The number of aliphatic hydroxyl groups excluding tert-OH is 1. The van der Waals surface area contributed by atoms with Gasteiger partial charge >= 0.3 is 0 Å². The highest BCUT2D eigenvalue weighted by molar-refractivity contribution is 5.98. The number of rotatable bonds is 5. The van der Waals surface area contributed by atoms with Gasteiger partial charge in [-0.05, 0) is 68.8 Å².